The van der Waals surface area contributed by atoms with Crippen molar-refractivity contribution in [1.29, 1.82) is 0 Å². The van der Waals surface area contributed by atoms with Crippen molar-refractivity contribution >= 4 is 55.7 Å². The predicted octanol–water partition coefficient (Wildman–Crippen LogP) is 4.82. The minimum absolute atomic E-state index is 0.120. The smallest absolute Gasteiger partial charge is 0.327 e. The molecule has 0 spiro atoms. The van der Waals surface area contributed by atoms with Crippen LogP contribution in [-0.2, 0) is 14.8 Å². The number of ether oxygens (including phenoxy) is 1. The Bertz CT molecular complexity index is 1180. The molecule has 9 heteroatoms. The summed E-state index contributed by atoms with van der Waals surface area (Å²) in [5.41, 5.74) is 0.145. The molecule has 0 radical (unpaired) electrons. The fourth-order valence-electron chi connectivity index (χ4n) is 3.02. The molecule has 0 aliphatic carbocycles. The third-order valence-corrected chi connectivity index (χ3v) is 6.70. The predicted molar refractivity (Wildman–Crippen MR) is 114 cm³/mol. The number of methoxy groups -OCH3 is 1. The number of carboxylic acids is 1. The summed E-state index contributed by atoms with van der Waals surface area (Å²) in [6.45, 7) is 1.29. The van der Waals surface area contributed by atoms with Crippen LogP contribution in [0.1, 0.15) is 6.92 Å². The first-order valence-electron chi connectivity index (χ1n) is 8.45. The molecule has 0 saturated heterocycles. The fraction of sp³-hybridized carbons (Fsp3) is 0.150. The van der Waals surface area contributed by atoms with Gasteiger partial charge in [0.1, 0.15) is 11.8 Å². The van der Waals surface area contributed by atoms with E-state index in [2.05, 4.69) is 0 Å². The van der Waals surface area contributed by atoms with E-state index in [9.17, 15) is 18.3 Å². The molecule has 0 heterocycles. The van der Waals surface area contributed by atoms with Crippen LogP contribution in [0.25, 0.3) is 10.8 Å². The molecule has 29 heavy (non-hydrogen) atoms. The number of hydrogen-bond donors (Lipinski definition) is 1. The molecule has 3 rings (SSSR count). The summed E-state index contributed by atoms with van der Waals surface area (Å²) >= 11 is 11.9. The van der Waals surface area contributed by atoms with Gasteiger partial charge in [-0.05, 0) is 36.6 Å². The number of rotatable bonds is 6. The summed E-state index contributed by atoms with van der Waals surface area (Å²) in [4.78, 5) is 11.5. The van der Waals surface area contributed by atoms with E-state index in [1.165, 1.54) is 38.3 Å². The maximum atomic E-state index is 13.4. The largest absolute Gasteiger partial charge is 0.496 e. The molecule has 0 amide bonds. The van der Waals surface area contributed by atoms with Gasteiger partial charge in [0.2, 0.25) is 0 Å². The summed E-state index contributed by atoms with van der Waals surface area (Å²) in [5, 5.41) is 11.3. The Balaban J connectivity index is 2.29. The van der Waals surface area contributed by atoms with Gasteiger partial charge in [0, 0.05) is 21.5 Å². The minimum Gasteiger partial charge on any atom is -0.496 e. The lowest BCUT2D eigenvalue weighted by atomic mass is 10.1. The van der Waals surface area contributed by atoms with E-state index in [0.717, 1.165) is 9.69 Å². The lowest BCUT2D eigenvalue weighted by Gasteiger charge is -2.29. The highest BCUT2D eigenvalue weighted by atomic mass is 35.5. The van der Waals surface area contributed by atoms with Gasteiger partial charge in [0.25, 0.3) is 10.0 Å². The second-order valence-corrected chi connectivity index (χ2v) is 8.98. The lowest BCUT2D eigenvalue weighted by molar-refractivity contribution is -0.137. The van der Waals surface area contributed by atoms with Crippen LogP contribution in [0.15, 0.2) is 59.5 Å². The third kappa shape index (κ3) is 4.12. The van der Waals surface area contributed by atoms with E-state index in [-0.39, 0.29) is 20.6 Å². The maximum absolute atomic E-state index is 13.4. The first kappa shape index (κ1) is 21.2. The quantitative estimate of drug-likeness (QED) is 0.577. The van der Waals surface area contributed by atoms with Crippen molar-refractivity contribution in [3.8, 4) is 5.75 Å². The SMILES string of the molecule is COc1cc(N(C(C)C(=O)O)S(=O)(=O)c2cc(Cl)cc(Cl)c2)cc2ccccc12. The van der Waals surface area contributed by atoms with Crippen molar-refractivity contribution in [1.82, 2.24) is 0 Å². The Labute approximate surface area is 178 Å². The Morgan fingerprint density at radius 1 is 1.07 bits per heavy atom. The van der Waals surface area contributed by atoms with Crippen LogP contribution in [0.5, 0.6) is 5.75 Å². The van der Waals surface area contributed by atoms with E-state index < -0.39 is 22.0 Å². The van der Waals surface area contributed by atoms with Gasteiger partial charge in [-0.1, -0.05) is 47.5 Å². The van der Waals surface area contributed by atoms with Gasteiger partial charge in [-0.25, -0.2) is 13.2 Å². The molecule has 1 unspecified atom stereocenters. The fourth-order valence-corrected chi connectivity index (χ4v) is 5.34. The van der Waals surface area contributed by atoms with Crippen molar-refractivity contribution in [3.05, 3.63) is 64.6 Å². The number of fused-ring (bicyclic) bond motifs is 1. The zero-order valence-electron chi connectivity index (χ0n) is 15.5. The summed E-state index contributed by atoms with van der Waals surface area (Å²) in [6.07, 6.45) is 0. The van der Waals surface area contributed by atoms with Crippen molar-refractivity contribution in [2.24, 2.45) is 0 Å². The first-order valence-corrected chi connectivity index (χ1v) is 10.6. The van der Waals surface area contributed by atoms with Gasteiger partial charge in [-0.3, -0.25) is 4.31 Å². The molecular formula is C20H17Cl2NO5S. The van der Waals surface area contributed by atoms with Gasteiger partial charge >= 0.3 is 5.97 Å². The van der Waals surface area contributed by atoms with Gasteiger partial charge in [0.05, 0.1) is 17.7 Å². The topological polar surface area (TPSA) is 83.9 Å². The zero-order valence-corrected chi connectivity index (χ0v) is 17.8. The van der Waals surface area contributed by atoms with Crippen LogP contribution in [0.4, 0.5) is 5.69 Å². The normalized spacial score (nSPS) is 12.6. The highest BCUT2D eigenvalue weighted by molar-refractivity contribution is 7.93. The van der Waals surface area contributed by atoms with Crippen LogP contribution < -0.4 is 9.04 Å². The second kappa shape index (κ2) is 8.10. The number of benzene rings is 3. The highest BCUT2D eigenvalue weighted by Crippen LogP contribution is 2.36. The number of nitrogens with zero attached hydrogens (tertiary/aromatic N) is 1. The molecule has 3 aromatic carbocycles. The Morgan fingerprint density at radius 2 is 1.69 bits per heavy atom. The van der Waals surface area contributed by atoms with Crippen molar-refractivity contribution in [2.75, 3.05) is 11.4 Å². The molecule has 0 aliphatic rings. The molecular weight excluding hydrogens is 437 g/mol. The number of carboxylic acid groups (broad SMARTS) is 1. The maximum Gasteiger partial charge on any atom is 0.327 e. The van der Waals surface area contributed by atoms with Crippen LogP contribution in [0, 0.1) is 0 Å². The van der Waals surface area contributed by atoms with E-state index in [1.807, 2.05) is 12.1 Å². The summed E-state index contributed by atoms with van der Waals surface area (Å²) < 4.78 is 33.1. The van der Waals surface area contributed by atoms with Crippen LogP contribution in [-0.4, -0.2) is 32.6 Å². The highest BCUT2D eigenvalue weighted by Gasteiger charge is 2.34. The molecule has 0 aromatic heterocycles. The lowest BCUT2D eigenvalue weighted by Crippen LogP contribution is -2.43. The molecule has 0 saturated carbocycles. The zero-order chi connectivity index (χ0) is 21.3. The Kier molecular flexibility index (Phi) is 5.93. The van der Waals surface area contributed by atoms with Crippen LogP contribution in [0.3, 0.4) is 0 Å². The molecule has 3 aromatic rings. The first-order chi connectivity index (χ1) is 13.6. The average molecular weight is 454 g/mol. The summed E-state index contributed by atoms with van der Waals surface area (Å²) in [5.74, 6) is -0.895. The number of aliphatic carboxylic acids is 1. The standard InChI is InChI=1S/C20H17Cl2NO5S/c1-12(20(24)25)23(29(26,27)17-9-14(21)8-15(22)10-17)16-7-13-5-3-4-6-18(13)19(11-16)28-2/h3-12H,1-2H3,(H,24,25). The summed E-state index contributed by atoms with van der Waals surface area (Å²) in [7, 11) is -2.85. The van der Waals surface area contributed by atoms with Gasteiger partial charge in [-0.15, -0.1) is 0 Å². The summed E-state index contributed by atoms with van der Waals surface area (Å²) in [6, 6.07) is 12.8. The monoisotopic (exact) mass is 453 g/mol. The van der Waals surface area contributed by atoms with Crippen LogP contribution >= 0.6 is 23.2 Å². The molecule has 0 bridgehead atoms. The van der Waals surface area contributed by atoms with Gasteiger partial charge in [-0.2, -0.15) is 0 Å². The average Bonchev–Trinajstić information content (AvgIpc) is 2.66. The van der Waals surface area contributed by atoms with Crippen molar-refractivity contribution < 1.29 is 23.1 Å². The molecule has 1 N–H and O–H groups in total. The van der Waals surface area contributed by atoms with Crippen molar-refractivity contribution in [3.63, 3.8) is 0 Å². The van der Waals surface area contributed by atoms with E-state index >= 15 is 0 Å². The number of halogens is 2. The number of carbonyl (C=O) groups is 1. The van der Waals surface area contributed by atoms with Gasteiger partial charge in [0.15, 0.2) is 0 Å². The molecule has 0 fully saturated rings. The Morgan fingerprint density at radius 3 is 2.28 bits per heavy atom. The molecule has 1 atom stereocenters. The molecule has 6 nitrogen and oxygen atoms in total. The van der Waals surface area contributed by atoms with Crippen LogP contribution in [0.2, 0.25) is 10.0 Å². The van der Waals surface area contributed by atoms with Crippen molar-refractivity contribution in [2.45, 2.75) is 17.9 Å². The van der Waals surface area contributed by atoms with E-state index in [1.54, 1.807) is 18.2 Å². The van der Waals surface area contributed by atoms with E-state index in [0.29, 0.717) is 11.1 Å². The second-order valence-electron chi connectivity index (χ2n) is 6.29. The number of sulfonamides is 1. The number of anilines is 1. The molecule has 152 valence electrons. The third-order valence-electron chi connectivity index (χ3n) is 4.39. The molecule has 0 aliphatic heterocycles. The van der Waals surface area contributed by atoms with Gasteiger partial charge < -0.3 is 9.84 Å². The Hall–Kier alpha value is -2.48. The minimum atomic E-state index is -4.31. The number of hydrogen-bond acceptors (Lipinski definition) is 4. The van der Waals surface area contributed by atoms with E-state index in [4.69, 9.17) is 27.9 Å².